The summed E-state index contributed by atoms with van der Waals surface area (Å²) in [6, 6.07) is 7.31. The molecule has 0 unspecified atom stereocenters. The van der Waals surface area contributed by atoms with Gasteiger partial charge in [-0.25, -0.2) is 0 Å². The highest BCUT2D eigenvalue weighted by Crippen LogP contribution is 2.26. The summed E-state index contributed by atoms with van der Waals surface area (Å²) < 4.78 is 0. The number of hydrogen-bond donors (Lipinski definition) is 3. The Labute approximate surface area is 126 Å². The van der Waals surface area contributed by atoms with E-state index in [1.807, 2.05) is 19.1 Å². The number of aryl methyl sites for hydroxylation is 1. The molecule has 1 aromatic rings. The Hall–Kier alpha value is -1.55. The van der Waals surface area contributed by atoms with Crippen molar-refractivity contribution in [2.45, 2.75) is 63.5 Å². The molecule has 4 N–H and O–H groups in total. The molecule has 21 heavy (non-hydrogen) atoms. The summed E-state index contributed by atoms with van der Waals surface area (Å²) in [6.07, 6.45) is 6.61. The van der Waals surface area contributed by atoms with Crippen LogP contribution in [0.15, 0.2) is 24.3 Å². The molecule has 1 aliphatic rings. The van der Waals surface area contributed by atoms with Gasteiger partial charge in [-0.3, -0.25) is 4.79 Å². The standard InChI is InChI=1S/C17H26N2O2/c1-13(5-6-14-7-9-15(20)10-8-14)19-16(21)17(18)11-3-2-4-12-17/h7-10,13,20H,2-6,11-12,18H2,1H3,(H,19,21)/t13-/m0/s1. The van der Waals surface area contributed by atoms with E-state index in [1.54, 1.807) is 12.1 Å². The molecule has 0 spiro atoms. The van der Waals surface area contributed by atoms with E-state index < -0.39 is 5.54 Å². The van der Waals surface area contributed by atoms with E-state index in [-0.39, 0.29) is 17.7 Å². The fraction of sp³-hybridized carbons (Fsp3) is 0.588. The Bertz CT molecular complexity index is 464. The normalized spacial score (nSPS) is 19.0. The van der Waals surface area contributed by atoms with E-state index in [1.165, 1.54) is 6.42 Å². The maximum absolute atomic E-state index is 12.3. The van der Waals surface area contributed by atoms with Gasteiger partial charge in [0.15, 0.2) is 0 Å². The van der Waals surface area contributed by atoms with Gasteiger partial charge in [-0.2, -0.15) is 0 Å². The first-order chi connectivity index (χ1) is 9.99. The van der Waals surface area contributed by atoms with E-state index in [2.05, 4.69) is 5.32 Å². The molecule has 1 fully saturated rings. The zero-order valence-electron chi connectivity index (χ0n) is 12.8. The first-order valence-corrected chi connectivity index (χ1v) is 7.87. The van der Waals surface area contributed by atoms with Crippen molar-refractivity contribution in [3.63, 3.8) is 0 Å². The Morgan fingerprint density at radius 3 is 2.52 bits per heavy atom. The SMILES string of the molecule is C[C@@H](CCc1ccc(O)cc1)NC(=O)C1(N)CCCCC1. The lowest BCUT2D eigenvalue weighted by atomic mass is 9.81. The van der Waals surface area contributed by atoms with Crippen LogP contribution >= 0.6 is 0 Å². The molecule has 1 saturated carbocycles. The molecule has 0 heterocycles. The number of carbonyl (C=O) groups excluding carboxylic acids is 1. The van der Waals surface area contributed by atoms with Crippen LogP contribution in [-0.4, -0.2) is 22.6 Å². The fourth-order valence-electron chi connectivity index (χ4n) is 2.90. The van der Waals surface area contributed by atoms with Crippen molar-refractivity contribution in [1.29, 1.82) is 0 Å². The lowest BCUT2D eigenvalue weighted by molar-refractivity contribution is -0.128. The minimum Gasteiger partial charge on any atom is -0.508 e. The number of nitrogens with two attached hydrogens (primary N) is 1. The topological polar surface area (TPSA) is 75.3 Å². The third kappa shape index (κ3) is 4.46. The van der Waals surface area contributed by atoms with Gasteiger partial charge in [0, 0.05) is 6.04 Å². The van der Waals surface area contributed by atoms with Gasteiger partial charge >= 0.3 is 0 Å². The largest absolute Gasteiger partial charge is 0.508 e. The highest BCUT2D eigenvalue weighted by atomic mass is 16.3. The van der Waals surface area contributed by atoms with Gasteiger partial charge in [0.25, 0.3) is 0 Å². The van der Waals surface area contributed by atoms with E-state index in [9.17, 15) is 9.90 Å². The minimum atomic E-state index is -0.662. The second kappa shape index (κ2) is 6.94. The van der Waals surface area contributed by atoms with Crippen molar-refractivity contribution < 1.29 is 9.90 Å². The summed E-state index contributed by atoms with van der Waals surface area (Å²) in [5.74, 6) is 0.280. The van der Waals surface area contributed by atoms with Gasteiger partial charge in [0.2, 0.25) is 5.91 Å². The Balaban J connectivity index is 1.79. The van der Waals surface area contributed by atoms with Gasteiger partial charge < -0.3 is 16.2 Å². The van der Waals surface area contributed by atoms with Gasteiger partial charge in [-0.1, -0.05) is 31.4 Å². The zero-order valence-corrected chi connectivity index (χ0v) is 12.8. The van der Waals surface area contributed by atoms with Crippen LogP contribution in [0, 0.1) is 0 Å². The molecule has 0 aliphatic heterocycles. The average Bonchev–Trinajstić information content (AvgIpc) is 2.47. The van der Waals surface area contributed by atoms with E-state index in [4.69, 9.17) is 5.73 Å². The third-order valence-corrected chi connectivity index (χ3v) is 4.38. The smallest absolute Gasteiger partial charge is 0.240 e. The molecular weight excluding hydrogens is 264 g/mol. The zero-order chi connectivity index (χ0) is 15.3. The molecule has 1 atom stereocenters. The highest BCUT2D eigenvalue weighted by Gasteiger charge is 2.35. The van der Waals surface area contributed by atoms with Crippen molar-refractivity contribution in [2.75, 3.05) is 0 Å². The van der Waals surface area contributed by atoms with Crippen LogP contribution in [-0.2, 0) is 11.2 Å². The summed E-state index contributed by atoms with van der Waals surface area (Å²) in [7, 11) is 0. The molecule has 0 bridgehead atoms. The second-order valence-corrected chi connectivity index (χ2v) is 6.30. The molecule has 116 valence electrons. The molecule has 2 rings (SSSR count). The predicted octanol–water partition coefficient (Wildman–Crippen LogP) is 2.49. The van der Waals surface area contributed by atoms with Crippen LogP contribution in [0.2, 0.25) is 0 Å². The van der Waals surface area contributed by atoms with Crippen molar-refractivity contribution >= 4 is 5.91 Å². The minimum absolute atomic E-state index is 0.000376. The Morgan fingerprint density at radius 2 is 1.90 bits per heavy atom. The number of nitrogens with one attached hydrogen (secondary N) is 1. The summed E-state index contributed by atoms with van der Waals surface area (Å²) in [5, 5.41) is 12.3. The average molecular weight is 290 g/mol. The predicted molar refractivity (Wildman–Crippen MR) is 84.0 cm³/mol. The van der Waals surface area contributed by atoms with Gasteiger partial charge in [0.1, 0.15) is 5.75 Å². The van der Waals surface area contributed by atoms with Crippen molar-refractivity contribution in [2.24, 2.45) is 5.73 Å². The summed E-state index contributed by atoms with van der Waals surface area (Å²) in [6.45, 7) is 2.02. The van der Waals surface area contributed by atoms with Crippen LogP contribution in [0.3, 0.4) is 0 Å². The number of aromatic hydroxyl groups is 1. The lowest BCUT2D eigenvalue weighted by Gasteiger charge is -2.33. The van der Waals surface area contributed by atoms with Gasteiger partial charge in [0.05, 0.1) is 5.54 Å². The molecule has 0 saturated heterocycles. The third-order valence-electron chi connectivity index (χ3n) is 4.38. The number of hydrogen-bond acceptors (Lipinski definition) is 3. The van der Waals surface area contributed by atoms with Gasteiger partial charge in [-0.15, -0.1) is 0 Å². The lowest BCUT2D eigenvalue weighted by Crippen LogP contribution is -2.56. The summed E-state index contributed by atoms with van der Waals surface area (Å²) >= 11 is 0. The monoisotopic (exact) mass is 290 g/mol. The summed E-state index contributed by atoms with van der Waals surface area (Å²) in [4.78, 5) is 12.3. The van der Waals surface area contributed by atoms with Gasteiger partial charge in [-0.05, 0) is 50.3 Å². The van der Waals surface area contributed by atoms with Crippen molar-refractivity contribution in [3.8, 4) is 5.75 Å². The number of rotatable bonds is 5. The van der Waals surface area contributed by atoms with Crippen molar-refractivity contribution in [3.05, 3.63) is 29.8 Å². The quantitative estimate of drug-likeness (QED) is 0.780. The van der Waals surface area contributed by atoms with Crippen molar-refractivity contribution in [1.82, 2.24) is 5.32 Å². The van der Waals surface area contributed by atoms with Crippen LogP contribution < -0.4 is 11.1 Å². The number of amides is 1. The first-order valence-electron chi connectivity index (χ1n) is 7.87. The van der Waals surface area contributed by atoms with E-state index in [0.717, 1.165) is 44.1 Å². The molecule has 1 amide bonds. The number of carbonyl (C=O) groups is 1. The molecule has 4 heteroatoms. The molecule has 1 aliphatic carbocycles. The van der Waals surface area contributed by atoms with Crippen LogP contribution in [0.25, 0.3) is 0 Å². The Kier molecular flexibility index (Phi) is 5.23. The maximum Gasteiger partial charge on any atom is 0.240 e. The first kappa shape index (κ1) is 15.8. The van der Waals surface area contributed by atoms with E-state index >= 15 is 0 Å². The molecule has 1 aromatic carbocycles. The molecule has 4 nitrogen and oxygen atoms in total. The van der Waals surface area contributed by atoms with Crippen LogP contribution in [0.1, 0.15) is 51.0 Å². The number of phenolic OH excluding ortho intramolecular Hbond substituents is 1. The molecule has 0 radical (unpaired) electrons. The maximum atomic E-state index is 12.3. The van der Waals surface area contributed by atoms with Crippen LogP contribution in [0.5, 0.6) is 5.75 Å². The highest BCUT2D eigenvalue weighted by molar-refractivity contribution is 5.86. The summed E-state index contributed by atoms with van der Waals surface area (Å²) in [5.41, 5.74) is 6.73. The number of benzene rings is 1. The number of phenols is 1. The molecule has 0 aromatic heterocycles. The fourth-order valence-corrected chi connectivity index (χ4v) is 2.90. The second-order valence-electron chi connectivity index (χ2n) is 6.30. The van der Waals surface area contributed by atoms with Crippen LogP contribution in [0.4, 0.5) is 0 Å². The Morgan fingerprint density at radius 1 is 1.29 bits per heavy atom. The van der Waals surface area contributed by atoms with E-state index in [0.29, 0.717) is 0 Å². The molecular formula is C17H26N2O2.